The van der Waals surface area contributed by atoms with Gasteiger partial charge in [-0.25, -0.2) is 4.79 Å². The molecule has 0 bridgehead atoms. The Hall–Kier alpha value is -1.71. The zero-order valence-electron chi connectivity index (χ0n) is 11.8. The van der Waals surface area contributed by atoms with Crippen LogP contribution in [0.3, 0.4) is 0 Å². The highest BCUT2D eigenvalue weighted by atomic mass is 16.6. The number of hydrogen-bond donors (Lipinski definition) is 2. The summed E-state index contributed by atoms with van der Waals surface area (Å²) in [6, 6.07) is 7.70. The van der Waals surface area contributed by atoms with Crippen LogP contribution >= 0.6 is 0 Å². The minimum Gasteiger partial charge on any atom is -0.444 e. The van der Waals surface area contributed by atoms with Gasteiger partial charge in [0.15, 0.2) is 0 Å². The van der Waals surface area contributed by atoms with E-state index in [2.05, 4.69) is 5.32 Å². The molecular weight excluding hydrogens is 240 g/mol. The van der Waals surface area contributed by atoms with Crippen molar-refractivity contribution < 1.29 is 9.53 Å². The first-order valence-corrected chi connectivity index (χ1v) is 6.68. The Balaban J connectivity index is 2.13. The van der Waals surface area contributed by atoms with Gasteiger partial charge in [-0.05, 0) is 57.7 Å². The van der Waals surface area contributed by atoms with E-state index >= 15 is 0 Å². The first-order chi connectivity index (χ1) is 8.81. The molecule has 1 saturated carbocycles. The third-order valence-electron chi connectivity index (χ3n) is 3.39. The molecule has 0 heterocycles. The summed E-state index contributed by atoms with van der Waals surface area (Å²) in [5.41, 5.74) is 6.81. The molecule has 1 aliphatic carbocycles. The van der Waals surface area contributed by atoms with E-state index in [4.69, 9.17) is 10.5 Å². The van der Waals surface area contributed by atoms with Crippen molar-refractivity contribution in [3.8, 4) is 0 Å². The van der Waals surface area contributed by atoms with Crippen LogP contribution in [0.5, 0.6) is 0 Å². The highest BCUT2D eigenvalue weighted by Crippen LogP contribution is 2.41. The molecule has 3 N–H and O–H groups in total. The first-order valence-electron chi connectivity index (χ1n) is 6.68. The number of amides is 1. The summed E-state index contributed by atoms with van der Waals surface area (Å²) >= 11 is 0. The van der Waals surface area contributed by atoms with Crippen molar-refractivity contribution in [2.75, 3.05) is 5.73 Å². The number of nitrogens with two attached hydrogens (primary N) is 1. The fourth-order valence-corrected chi connectivity index (χ4v) is 2.35. The minimum atomic E-state index is -0.481. The van der Waals surface area contributed by atoms with Crippen LogP contribution in [0.25, 0.3) is 0 Å². The number of anilines is 1. The van der Waals surface area contributed by atoms with Gasteiger partial charge in [-0.2, -0.15) is 0 Å². The van der Waals surface area contributed by atoms with Gasteiger partial charge in [0, 0.05) is 5.69 Å². The average molecular weight is 262 g/mol. The highest BCUT2D eigenvalue weighted by molar-refractivity contribution is 5.69. The largest absolute Gasteiger partial charge is 0.444 e. The fourth-order valence-electron chi connectivity index (χ4n) is 2.35. The molecule has 0 aliphatic heterocycles. The van der Waals surface area contributed by atoms with E-state index in [0.717, 1.165) is 30.5 Å². The average Bonchev–Trinajstić information content (AvgIpc) is 2.21. The lowest BCUT2D eigenvalue weighted by Gasteiger charge is -2.43. The van der Waals surface area contributed by atoms with Crippen LogP contribution in [0.15, 0.2) is 24.3 Å². The molecule has 0 aromatic heterocycles. The van der Waals surface area contributed by atoms with Crippen LogP contribution in [0.1, 0.15) is 45.6 Å². The number of rotatable bonds is 2. The van der Waals surface area contributed by atoms with Gasteiger partial charge in [-0.3, -0.25) is 0 Å². The number of benzene rings is 1. The van der Waals surface area contributed by atoms with Crippen LogP contribution in [-0.4, -0.2) is 11.7 Å². The van der Waals surface area contributed by atoms with Crippen LogP contribution in [0.2, 0.25) is 0 Å². The minimum absolute atomic E-state index is 0.308. The van der Waals surface area contributed by atoms with Crippen LogP contribution in [0.4, 0.5) is 10.5 Å². The summed E-state index contributed by atoms with van der Waals surface area (Å²) < 4.78 is 5.34. The Morgan fingerprint density at radius 2 is 2.05 bits per heavy atom. The first kappa shape index (κ1) is 13.7. The number of alkyl carbamates (subject to hydrolysis) is 1. The smallest absolute Gasteiger partial charge is 0.408 e. The van der Waals surface area contributed by atoms with Crippen molar-refractivity contribution in [1.82, 2.24) is 5.32 Å². The molecule has 0 atom stereocenters. The predicted octanol–water partition coefficient (Wildman–Crippen LogP) is 3.17. The lowest BCUT2D eigenvalue weighted by atomic mass is 9.72. The van der Waals surface area contributed by atoms with Gasteiger partial charge in [0.05, 0.1) is 5.54 Å². The van der Waals surface area contributed by atoms with E-state index in [9.17, 15) is 4.79 Å². The molecule has 0 spiro atoms. The van der Waals surface area contributed by atoms with Crippen LogP contribution in [-0.2, 0) is 10.3 Å². The van der Waals surface area contributed by atoms with Crippen molar-refractivity contribution >= 4 is 11.8 Å². The molecule has 0 saturated heterocycles. The number of carbonyl (C=O) groups excluding carboxylic acids is 1. The van der Waals surface area contributed by atoms with E-state index in [0.29, 0.717) is 0 Å². The summed E-state index contributed by atoms with van der Waals surface area (Å²) in [5, 5.41) is 3.01. The molecule has 19 heavy (non-hydrogen) atoms. The number of carbonyl (C=O) groups is 1. The Bertz CT molecular complexity index is 473. The monoisotopic (exact) mass is 262 g/mol. The van der Waals surface area contributed by atoms with E-state index < -0.39 is 5.60 Å². The van der Waals surface area contributed by atoms with Crippen LogP contribution < -0.4 is 11.1 Å². The molecular formula is C15H22N2O2. The normalized spacial score (nSPS) is 17.4. The quantitative estimate of drug-likeness (QED) is 0.805. The summed E-state index contributed by atoms with van der Waals surface area (Å²) in [4.78, 5) is 12.0. The maximum absolute atomic E-state index is 12.0. The Morgan fingerprint density at radius 1 is 1.37 bits per heavy atom. The third kappa shape index (κ3) is 3.19. The molecule has 0 unspecified atom stereocenters. The highest BCUT2D eigenvalue weighted by Gasteiger charge is 2.41. The number of ether oxygens (including phenoxy) is 1. The zero-order valence-corrected chi connectivity index (χ0v) is 11.8. The molecule has 1 aromatic carbocycles. The molecule has 1 aromatic rings. The van der Waals surface area contributed by atoms with E-state index in [1.807, 2.05) is 45.0 Å². The van der Waals surface area contributed by atoms with E-state index in [1.165, 1.54) is 0 Å². The molecule has 104 valence electrons. The number of nitrogen functional groups attached to an aromatic ring is 1. The van der Waals surface area contributed by atoms with Gasteiger partial charge in [0.2, 0.25) is 0 Å². The third-order valence-corrected chi connectivity index (χ3v) is 3.39. The van der Waals surface area contributed by atoms with Gasteiger partial charge < -0.3 is 15.8 Å². The number of nitrogens with one attached hydrogen (secondary N) is 1. The van der Waals surface area contributed by atoms with E-state index in [1.54, 1.807) is 0 Å². The second-order valence-corrected chi connectivity index (χ2v) is 6.19. The van der Waals surface area contributed by atoms with Gasteiger partial charge in [-0.15, -0.1) is 0 Å². The number of hydrogen-bond acceptors (Lipinski definition) is 3. The van der Waals surface area contributed by atoms with Crippen molar-refractivity contribution in [3.63, 3.8) is 0 Å². The maximum atomic E-state index is 12.0. The predicted molar refractivity (Wildman–Crippen MR) is 75.8 cm³/mol. The van der Waals surface area contributed by atoms with Crippen molar-refractivity contribution in [3.05, 3.63) is 29.8 Å². The second kappa shape index (κ2) is 4.76. The van der Waals surface area contributed by atoms with Gasteiger partial charge in [-0.1, -0.05) is 12.1 Å². The molecule has 4 heteroatoms. The Morgan fingerprint density at radius 3 is 2.53 bits per heavy atom. The topological polar surface area (TPSA) is 64.3 Å². The maximum Gasteiger partial charge on any atom is 0.408 e. The molecule has 1 fully saturated rings. The molecule has 1 aliphatic rings. The summed E-state index contributed by atoms with van der Waals surface area (Å²) in [5.74, 6) is 0. The molecule has 1 amide bonds. The fraction of sp³-hybridized carbons (Fsp3) is 0.533. The summed E-state index contributed by atoms with van der Waals surface area (Å²) in [6.45, 7) is 5.58. The zero-order chi connectivity index (χ0) is 14.1. The SMILES string of the molecule is CC(C)(C)OC(=O)NC1(c2cccc(N)c2)CCC1. The second-order valence-electron chi connectivity index (χ2n) is 6.19. The molecule has 2 rings (SSSR count). The molecule has 0 radical (unpaired) electrons. The Kier molecular flexibility index (Phi) is 3.43. The van der Waals surface area contributed by atoms with Gasteiger partial charge in [0.25, 0.3) is 0 Å². The van der Waals surface area contributed by atoms with E-state index in [-0.39, 0.29) is 11.6 Å². The summed E-state index contributed by atoms with van der Waals surface area (Å²) in [6.07, 6.45) is 2.59. The van der Waals surface area contributed by atoms with Crippen molar-refractivity contribution in [2.45, 2.75) is 51.2 Å². The summed E-state index contributed by atoms with van der Waals surface area (Å²) in [7, 11) is 0. The lowest BCUT2D eigenvalue weighted by molar-refractivity contribution is 0.0377. The van der Waals surface area contributed by atoms with Gasteiger partial charge in [0.1, 0.15) is 5.60 Å². The lowest BCUT2D eigenvalue weighted by Crippen LogP contribution is -2.52. The molecule has 4 nitrogen and oxygen atoms in total. The van der Waals surface area contributed by atoms with Crippen molar-refractivity contribution in [2.24, 2.45) is 0 Å². The standard InChI is InChI=1S/C15H22N2O2/c1-14(2,3)19-13(18)17-15(8-5-9-15)11-6-4-7-12(16)10-11/h4,6-7,10H,5,8-9,16H2,1-3H3,(H,17,18). The Labute approximate surface area is 114 Å². The van der Waals surface area contributed by atoms with Crippen LogP contribution in [0, 0.1) is 0 Å². The van der Waals surface area contributed by atoms with Crippen molar-refractivity contribution in [1.29, 1.82) is 0 Å². The van der Waals surface area contributed by atoms with Gasteiger partial charge >= 0.3 is 6.09 Å².